The molecule has 0 aliphatic carbocycles. The molecule has 0 bridgehead atoms. The number of hydrogen-bond donors (Lipinski definition) is 3. The van der Waals surface area contributed by atoms with Crippen LogP contribution in [0.1, 0.15) is 37.0 Å². The second kappa shape index (κ2) is 6.03. The SMILES string of the molecule is CC1(C)CCCNC1C(=O)Nc1cc(Cl)ccc1C(=O)O. The maximum Gasteiger partial charge on any atom is 0.337 e. The number of carbonyl (C=O) groups is 2. The van der Waals surface area contributed by atoms with Crippen molar-refractivity contribution in [1.29, 1.82) is 0 Å². The number of hydrogen-bond acceptors (Lipinski definition) is 3. The Morgan fingerprint density at radius 1 is 1.43 bits per heavy atom. The number of rotatable bonds is 3. The second-order valence-electron chi connectivity index (χ2n) is 5.96. The van der Waals surface area contributed by atoms with E-state index < -0.39 is 5.97 Å². The standard InChI is InChI=1S/C15H19ClN2O3/c1-15(2)6-3-7-17-12(15)13(19)18-11-8-9(16)4-5-10(11)14(20)21/h4-5,8,12,17H,3,6-7H2,1-2H3,(H,18,19)(H,20,21). The molecule has 1 aromatic carbocycles. The molecule has 1 aromatic rings. The number of piperidine rings is 1. The first-order valence-electron chi connectivity index (χ1n) is 6.88. The Hall–Kier alpha value is -1.59. The zero-order valence-corrected chi connectivity index (χ0v) is 12.8. The van der Waals surface area contributed by atoms with Crippen molar-refractivity contribution in [2.75, 3.05) is 11.9 Å². The molecule has 1 atom stereocenters. The lowest BCUT2D eigenvalue weighted by molar-refractivity contribution is -0.121. The van der Waals surface area contributed by atoms with E-state index in [9.17, 15) is 14.7 Å². The Labute approximate surface area is 128 Å². The van der Waals surface area contributed by atoms with Crippen LogP contribution in [0.25, 0.3) is 0 Å². The maximum absolute atomic E-state index is 12.5. The van der Waals surface area contributed by atoms with Crippen molar-refractivity contribution in [3.8, 4) is 0 Å². The van der Waals surface area contributed by atoms with E-state index in [0.717, 1.165) is 19.4 Å². The van der Waals surface area contributed by atoms with E-state index in [4.69, 9.17) is 11.6 Å². The molecule has 1 unspecified atom stereocenters. The van der Waals surface area contributed by atoms with Gasteiger partial charge in [-0.3, -0.25) is 4.79 Å². The molecule has 3 N–H and O–H groups in total. The molecule has 0 spiro atoms. The van der Waals surface area contributed by atoms with Gasteiger partial charge >= 0.3 is 5.97 Å². The summed E-state index contributed by atoms with van der Waals surface area (Å²) in [6, 6.07) is 3.98. The number of benzene rings is 1. The predicted molar refractivity (Wildman–Crippen MR) is 81.8 cm³/mol. The lowest BCUT2D eigenvalue weighted by Gasteiger charge is -2.38. The number of amides is 1. The van der Waals surface area contributed by atoms with E-state index in [1.807, 2.05) is 13.8 Å². The molecule has 21 heavy (non-hydrogen) atoms. The summed E-state index contributed by atoms with van der Waals surface area (Å²) in [6.45, 7) is 4.84. The van der Waals surface area contributed by atoms with Gasteiger partial charge in [-0.05, 0) is 43.0 Å². The highest BCUT2D eigenvalue weighted by molar-refractivity contribution is 6.31. The molecule has 0 saturated carbocycles. The topological polar surface area (TPSA) is 78.4 Å². The van der Waals surface area contributed by atoms with Crippen LogP contribution >= 0.6 is 11.6 Å². The molecule has 1 amide bonds. The van der Waals surface area contributed by atoms with Gasteiger partial charge in [-0.25, -0.2) is 4.79 Å². The number of carbonyl (C=O) groups excluding carboxylic acids is 1. The highest BCUT2D eigenvalue weighted by atomic mass is 35.5. The quantitative estimate of drug-likeness (QED) is 0.802. The summed E-state index contributed by atoms with van der Waals surface area (Å²) < 4.78 is 0. The monoisotopic (exact) mass is 310 g/mol. The average molecular weight is 311 g/mol. The van der Waals surface area contributed by atoms with Crippen molar-refractivity contribution in [2.24, 2.45) is 5.41 Å². The van der Waals surface area contributed by atoms with Crippen LogP contribution in [0, 0.1) is 5.41 Å². The molecular weight excluding hydrogens is 292 g/mol. The Balaban J connectivity index is 2.23. The highest BCUT2D eigenvalue weighted by Gasteiger charge is 2.37. The molecule has 114 valence electrons. The summed E-state index contributed by atoms with van der Waals surface area (Å²) in [5.41, 5.74) is 0.0779. The summed E-state index contributed by atoms with van der Waals surface area (Å²) >= 11 is 5.89. The summed E-state index contributed by atoms with van der Waals surface area (Å²) in [4.78, 5) is 23.7. The molecule has 0 radical (unpaired) electrons. The number of carboxylic acid groups (broad SMARTS) is 1. The number of nitrogens with one attached hydrogen (secondary N) is 2. The van der Waals surface area contributed by atoms with E-state index in [0.29, 0.717) is 5.02 Å². The van der Waals surface area contributed by atoms with Crippen molar-refractivity contribution in [2.45, 2.75) is 32.7 Å². The van der Waals surface area contributed by atoms with Crippen LogP contribution in [0.15, 0.2) is 18.2 Å². The fourth-order valence-electron chi connectivity index (χ4n) is 2.67. The van der Waals surface area contributed by atoms with Crippen LogP contribution in [-0.4, -0.2) is 29.6 Å². The van der Waals surface area contributed by atoms with Gasteiger partial charge in [0, 0.05) is 5.02 Å². The fraction of sp³-hybridized carbons (Fsp3) is 0.467. The lowest BCUT2D eigenvalue weighted by atomic mass is 9.77. The van der Waals surface area contributed by atoms with Crippen LogP contribution in [-0.2, 0) is 4.79 Å². The number of halogens is 1. The maximum atomic E-state index is 12.5. The van der Waals surface area contributed by atoms with Crippen molar-refractivity contribution >= 4 is 29.2 Å². The normalized spacial score (nSPS) is 20.8. The number of aromatic carboxylic acids is 1. The molecule has 5 nitrogen and oxygen atoms in total. The van der Waals surface area contributed by atoms with Crippen LogP contribution in [0.2, 0.25) is 5.02 Å². The van der Waals surface area contributed by atoms with Gasteiger partial charge in [0.2, 0.25) is 5.91 Å². The molecule has 1 aliphatic rings. The molecule has 1 aliphatic heterocycles. The molecule has 2 rings (SSSR count). The van der Waals surface area contributed by atoms with E-state index in [1.54, 1.807) is 0 Å². The van der Waals surface area contributed by atoms with Gasteiger partial charge in [-0.1, -0.05) is 25.4 Å². The first-order chi connectivity index (χ1) is 9.81. The van der Waals surface area contributed by atoms with Crippen LogP contribution in [0.5, 0.6) is 0 Å². The first-order valence-corrected chi connectivity index (χ1v) is 7.26. The lowest BCUT2D eigenvalue weighted by Crippen LogP contribution is -2.53. The second-order valence-corrected chi connectivity index (χ2v) is 6.40. The highest BCUT2D eigenvalue weighted by Crippen LogP contribution is 2.31. The van der Waals surface area contributed by atoms with Crippen molar-refractivity contribution < 1.29 is 14.7 Å². The van der Waals surface area contributed by atoms with Crippen LogP contribution in [0.3, 0.4) is 0 Å². The van der Waals surface area contributed by atoms with Gasteiger partial charge in [0.15, 0.2) is 0 Å². The van der Waals surface area contributed by atoms with Gasteiger partial charge < -0.3 is 15.7 Å². The van der Waals surface area contributed by atoms with E-state index in [2.05, 4.69) is 10.6 Å². The summed E-state index contributed by atoms with van der Waals surface area (Å²) in [5, 5.41) is 15.4. The molecule has 1 fully saturated rings. The zero-order chi connectivity index (χ0) is 15.6. The largest absolute Gasteiger partial charge is 0.478 e. The smallest absolute Gasteiger partial charge is 0.337 e. The summed E-state index contributed by atoms with van der Waals surface area (Å²) in [7, 11) is 0. The fourth-order valence-corrected chi connectivity index (χ4v) is 2.84. The number of carboxylic acids is 1. The minimum Gasteiger partial charge on any atom is -0.478 e. The predicted octanol–water partition coefficient (Wildman–Crippen LogP) is 2.75. The van der Waals surface area contributed by atoms with Gasteiger partial charge in [0.05, 0.1) is 17.3 Å². The van der Waals surface area contributed by atoms with E-state index in [1.165, 1.54) is 18.2 Å². The van der Waals surface area contributed by atoms with Gasteiger partial charge in [-0.2, -0.15) is 0 Å². The van der Waals surface area contributed by atoms with E-state index in [-0.39, 0.29) is 28.6 Å². The number of anilines is 1. The van der Waals surface area contributed by atoms with Gasteiger partial charge in [0.25, 0.3) is 0 Å². The van der Waals surface area contributed by atoms with Gasteiger partial charge in [0.1, 0.15) is 0 Å². The minimum atomic E-state index is -1.10. The Morgan fingerprint density at radius 3 is 2.76 bits per heavy atom. The molecule has 0 aromatic heterocycles. The van der Waals surface area contributed by atoms with Crippen molar-refractivity contribution in [1.82, 2.24) is 5.32 Å². The van der Waals surface area contributed by atoms with Crippen LogP contribution < -0.4 is 10.6 Å². The van der Waals surface area contributed by atoms with Crippen molar-refractivity contribution in [3.05, 3.63) is 28.8 Å². The Bertz CT molecular complexity index is 572. The molecule has 1 saturated heterocycles. The summed E-state index contributed by atoms with van der Waals surface area (Å²) in [5.74, 6) is -1.33. The molecule has 1 heterocycles. The first kappa shape index (κ1) is 15.8. The Morgan fingerprint density at radius 2 is 2.14 bits per heavy atom. The average Bonchev–Trinajstić information content (AvgIpc) is 2.37. The zero-order valence-electron chi connectivity index (χ0n) is 12.1. The third kappa shape index (κ3) is 3.54. The van der Waals surface area contributed by atoms with E-state index >= 15 is 0 Å². The third-order valence-electron chi connectivity index (χ3n) is 3.86. The summed E-state index contributed by atoms with van der Waals surface area (Å²) in [6.07, 6.45) is 1.97. The molecular formula is C15H19ClN2O3. The van der Waals surface area contributed by atoms with Gasteiger partial charge in [-0.15, -0.1) is 0 Å². The molecule has 6 heteroatoms. The Kier molecular flexibility index (Phi) is 4.54. The van der Waals surface area contributed by atoms with Crippen LogP contribution in [0.4, 0.5) is 5.69 Å². The minimum absolute atomic E-state index is 0.0290. The van der Waals surface area contributed by atoms with Crippen molar-refractivity contribution in [3.63, 3.8) is 0 Å². The third-order valence-corrected chi connectivity index (χ3v) is 4.10.